The minimum atomic E-state index is -0.330. The Bertz CT molecular complexity index is 484. The van der Waals surface area contributed by atoms with Crippen molar-refractivity contribution >= 4 is 27.5 Å². The van der Waals surface area contributed by atoms with Crippen LogP contribution in [-0.2, 0) is 4.79 Å². The van der Waals surface area contributed by atoms with Crippen LogP contribution >= 0.6 is 15.9 Å². The zero-order chi connectivity index (χ0) is 12.1. The lowest BCUT2D eigenvalue weighted by atomic mass is 10.1. The average molecular weight is 290 g/mol. The predicted octanol–water partition coefficient (Wildman–Crippen LogP) is 3.76. The molecule has 86 valence electrons. The molecule has 3 heteroatoms. The molecule has 1 unspecified atom stereocenters. The smallest absolute Gasteiger partial charge is 0.242 e. The number of anilines is 1. The normalized spacial score (nSPS) is 11.8. The summed E-state index contributed by atoms with van der Waals surface area (Å²) in [4.78, 5) is 11.6. The fourth-order valence-corrected chi connectivity index (χ4v) is 1.92. The second-order valence-corrected chi connectivity index (χ2v) is 4.54. The van der Waals surface area contributed by atoms with Gasteiger partial charge in [0.2, 0.25) is 5.91 Å². The number of hydrogen-bond acceptors (Lipinski definition) is 1. The molecule has 1 amide bonds. The number of amides is 1. The van der Waals surface area contributed by atoms with Crippen LogP contribution in [0.1, 0.15) is 10.4 Å². The highest BCUT2D eigenvalue weighted by Gasteiger charge is 2.16. The number of alkyl halides is 1. The minimum absolute atomic E-state index is 0.0672. The van der Waals surface area contributed by atoms with Crippen LogP contribution in [0, 0.1) is 0 Å². The van der Waals surface area contributed by atoms with Crippen molar-refractivity contribution in [3.8, 4) is 0 Å². The van der Waals surface area contributed by atoms with Gasteiger partial charge in [-0.1, -0.05) is 64.5 Å². The third-order valence-electron chi connectivity index (χ3n) is 2.36. The summed E-state index contributed by atoms with van der Waals surface area (Å²) in [7, 11) is 0. The molecule has 0 aromatic heterocycles. The van der Waals surface area contributed by atoms with E-state index < -0.39 is 0 Å². The highest BCUT2D eigenvalue weighted by molar-refractivity contribution is 9.09. The van der Waals surface area contributed by atoms with E-state index in [1.807, 2.05) is 60.7 Å². The maximum Gasteiger partial charge on any atom is 0.242 e. The maximum absolute atomic E-state index is 12.0. The lowest BCUT2D eigenvalue weighted by molar-refractivity contribution is -0.115. The van der Waals surface area contributed by atoms with Crippen LogP contribution in [0.15, 0.2) is 60.7 Å². The largest absolute Gasteiger partial charge is 0.325 e. The van der Waals surface area contributed by atoms with Gasteiger partial charge in [0.25, 0.3) is 0 Å². The van der Waals surface area contributed by atoms with E-state index in [0.717, 1.165) is 11.3 Å². The van der Waals surface area contributed by atoms with Gasteiger partial charge >= 0.3 is 0 Å². The molecule has 0 fully saturated rings. The van der Waals surface area contributed by atoms with Gasteiger partial charge < -0.3 is 5.32 Å². The molecule has 2 aromatic rings. The Morgan fingerprint density at radius 1 is 0.941 bits per heavy atom. The highest BCUT2D eigenvalue weighted by Crippen LogP contribution is 2.24. The van der Waals surface area contributed by atoms with Gasteiger partial charge in [-0.15, -0.1) is 0 Å². The van der Waals surface area contributed by atoms with Crippen LogP contribution in [0.25, 0.3) is 0 Å². The van der Waals surface area contributed by atoms with Crippen LogP contribution in [-0.4, -0.2) is 5.91 Å². The molecule has 1 N–H and O–H groups in total. The first-order chi connectivity index (χ1) is 8.27. The Morgan fingerprint density at radius 2 is 1.47 bits per heavy atom. The number of benzene rings is 2. The first kappa shape index (κ1) is 11.9. The molecule has 0 bridgehead atoms. The van der Waals surface area contributed by atoms with Crippen LogP contribution < -0.4 is 5.32 Å². The summed E-state index contributed by atoms with van der Waals surface area (Å²) in [6.45, 7) is 0. The number of hydrogen-bond donors (Lipinski definition) is 1. The SMILES string of the molecule is O=C(Nc1ccccc1)C(Br)c1ccccc1. The number of carbonyl (C=O) groups is 1. The Labute approximate surface area is 109 Å². The topological polar surface area (TPSA) is 29.1 Å². The van der Waals surface area contributed by atoms with Crippen molar-refractivity contribution < 1.29 is 4.79 Å². The van der Waals surface area contributed by atoms with Gasteiger partial charge in [-0.05, 0) is 17.7 Å². The summed E-state index contributed by atoms with van der Waals surface area (Å²) < 4.78 is 0. The van der Waals surface area contributed by atoms with Crippen molar-refractivity contribution in [3.05, 3.63) is 66.2 Å². The van der Waals surface area contributed by atoms with E-state index in [4.69, 9.17) is 0 Å². The number of nitrogens with one attached hydrogen (secondary N) is 1. The molecular weight excluding hydrogens is 278 g/mol. The molecule has 0 aliphatic rings. The third-order valence-corrected chi connectivity index (χ3v) is 3.31. The van der Waals surface area contributed by atoms with E-state index in [0.29, 0.717) is 0 Å². The predicted molar refractivity (Wildman–Crippen MR) is 73.2 cm³/mol. The van der Waals surface area contributed by atoms with Crippen molar-refractivity contribution in [2.24, 2.45) is 0 Å². The molecule has 0 aliphatic carbocycles. The summed E-state index contributed by atoms with van der Waals surface area (Å²) in [5.41, 5.74) is 1.75. The van der Waals surface area contributed by atoms with Crippen molar-refractivity contribution in [3.63, 3.8) is 0 Å². The highest BCUT2D eigenvalue weighted by atomic mass is 79.9. The maximum atomic E-state index is 12.0. The number of carbonyl (C=O) groups excluding carboxylic acids is 1. The molecule has 0 saturated carbocycles. The third kappa shape index (κ3) is 3.17. The molecule has 17 heavy (non-hydrogen) atoms. The van der Waals surface area contributed by atoms with Crippen LogP contribution in [0.5, 0.6) is 0 Å². The van der Waals surface area contributed by atoms with Gasteiger partial charge in [-0.25, -0.2) is 0 Å². The summed E-state index contributed by atoms with van der Waals surface area (Å²) >= 11 is 3.40. The van der Waals surface area contributed by atoms with Crippen molar-refractivity contribution in [2.45, 2.75) is 4.83 Å². The summed E-state index contributed by atoms with van der Waals surface area (Å²) in [5.74, 6) is -0.0672. The number of rotatable bonds is 3. The monoisotopic (exact) mass is 289 g/mol. The van der Waals surface area contributed by atoms with E-state index in [9.17, 15) is 4.79 Å². The van der Waals surface area contributed by atoms with Gasteiger partial charge in [0, 0.05) is 5.69 Å². The van der Waals surface area contributed by atoms with Crippen LogP contribution in [0.3, 0.4) is 0 Å². The zero-order valence-electron chi connectivity index (χ0n) is 9.14. The number of halogens is 1. The summed E-state index contributed by atoms with van der Waals surface area (Å²) in [6, 6.07) is 19.0. The summed E-state index contributed by atoms with van der Waals surface area (Å²) in [5, 5.41) is 2.85. The molecule has 0 saturated heterocycles. The zero-order valence-corrected chi connectivity index (χ0v) is 10.7. The van der Waals surface area contributed by atoms with Crippen molar-refractivity contribution in [1.82, 2.24) is 0 Å². The van der Waals surface area contributed by atoms with E-state index in [-0.39, 0.29) is 10.7 Å². The second kappa shape index (κ2) is 5.64. The Morgan fingerprint density at radius 3 is 2.06 bits per heavy atom. The molecule has 0 heterocycles. The quantitative estimate of drug-likeness (QED) is 0.857. The van der Waals surface area contributed by atoms with Crippen molar-refractivity contribution in [2.75, 3.05) is 5.32 Å². The van der Waals surface area contributed by atoms with E-state index in [1.165, 1.54) is 0 Å². The second-order valence-electron chi connectivity index (χ2n) is 3.63. The van der Waals surface area contributed by atoms with E-state index in [2.05, 4.69) is 21.2 Å². The van der Waals surface area contributed by atoms with Crippen LogP contribution in [0.2, 0.25) is 0 Å². The van der Waals surface area contributed by atoms with Gasteiger partial charge in [0.15, 0.2) is 0 Å². The van der Waals surface area contributed by atoms with Crippen LogP contribution in [0.4, 0.5) is 5.69 Å². The lowest BCUT2D eigenvalue weighted by Gasteiger charge is -2.10. The Kier molecular flexibility index (Phi) is 3.94. The Hall–Kier alpha value is -1.61. The first-order valence-electron chi connectivity index (χ1n) is 5.32. The van der Waals surface area contributed by atoms with E-state index >= 15 is 0 Å². The summed E-state index contributed by atoms with van der Waals surface area (Å²) in [6.07, 6.45) is 0. The Balaban J connectivity index is 2.06. The van der Waals surface area contributed by atoms with Gasteiger partial charge in [0.05, 0.1) is 0 Å². The van der Waals surface area contributed by atoms with Gasteiger partial charge in [-0.3, -0.25) is 4.79 Å². The molecule has 1 atom stereocenters. The lowest BCUT2D eigenvalue weighted by Crippen LogP contribution is -2.16. The molecule has 2 nitrogen and oxygen atoms in total. The molecule has 0 radical (unpaired) electrons. The standard InChI is InChI=1S/C14H12BrNO/c15-13(11-7-3-1-4-8-11)14(17)16-12-9-5-2-6-10-12/h1-10,13H,(H,16,17). The molecule has 0 aliphatic heterocycles. The van der Waals surface area contributed by atoms with Crippen molar-refractivity contribution in [1.29, 1.82) is 0 Å². The molecular formula is C14H12BrNO. The van der Waals surface area contributed by atoms with Gasteiger partial charge in [-0.2, -0.15) is 0 Å². The van der Waals surface area contributed by atoms with E-state index in [1.54, 1.807) is 0 Å². The fraction of sp³-hybridized carbons (Fsp3) is 0.0714. The molecule has 2 rings (SSSR count). The molecule has 0 spiro atoms. The fourth-order valence-electron chi connectivity index (χ4n) is 1.50. The van der Waals surface area contributed by atoms with Gasteiger partial charge in [0.1, 0.15) is 4.83 Å². The first-order valence-corrected chi connectivity index (χ1v) is 6.24. The molecule has 2 aromatic carbocycles. The minimum Gasteiger partial charge on any atom is -0.325 e. The average Bonchev–Trinajstić information content (AvgIpc) is 2.40. The number of para-hydroxylation sites is 1.